The average molecular weight is 297 g/mol. The maximum absolute atomic E-state index is 12.7. The molecule has 2 aliphatic rings. The fourth-order valence-electron chi connectivity index (χ4n) is 3.40. The van der Waals surface area contributed by atoms with Crippen molar-refractivity contribution in [2.45, 2.75) is 37.8 Å². The Hall–Kier alpha value is -2.30. The monoisotopic (exact) mass is 297 g/mol. The van der Waals surface area contributed by atoms with Crippen LogP contribution in [0.4, 0.5) is 0 Å². The first-order valence-corrected chi connectivity index (χ1v) is 7.83. The van der Waals surface area contributed by atoms with Gasteiger partial charge in [-0.05, 0) is 18.9 Å². The van der Waals surface area contributed by atoms with Gasteiger partial charge in [0.05, 0.1) is 12.5 Å². The van der Waals surface area contributed by atoms with Gasteiger partial charge in [0.15, 0.2) is 0 Å². The Balaban J connectivity index is 1.47. The second-order valence-electron chi connectivity index (χ2n) is 5.97. The minimum absolute atomic E-state index is 0.103. The SMILES string of the molecule is O=C(NC1CCc2nccn2C1)C1CCOc2ccccc21. The number of rotatable bonds is 2. The molecule has 1 aromatic heterocycles. The van der Waals surface area contributed by atoms with Gasteiger partial charge in [-0.15, -0.1) is 0 Å². The molecule has 5 nitrogen and oxygen atoms in total. The zero-order chi connectivity index (χ0) is 14.9. The molecule has 2 unspecified atom stereocenters. The highest BCUT2D eigenvalue weighted by atomic mass is 16.5. The number of aryl methyl sites for hydroxylation is 1. The van der Waals surface area contributed by atoms with Gasteiger partial charge in [-0.2, -0.15) is 0 Å². The second kappa shape index (κ2) is 5.48. The van der Waals surface area contributed by atoms with E-state index in [0.717, 1.165) is 42.9 Å². The third-order valence-electron chi connectivity index (χ3n) is 4.56. The standard InChI is InChI=1S/C17H19N3O2/c21-17(14-7-10-22-15-4-2-1-3-13(14)15)19-12-5-6-16-18-8-9-20(16)11-12/h1-4,8-9,12,14H,5-7,10-11H2,(H,19,21). The van der Waals surface area contributed by atoms with Crippen LogP contribution in [-0.4, -0.2) is 28.1 Å². The van der Waals surface area contributed by atoms with Crippen molar-refractivity contribution in [2.24, 2.45) is 0 Å². The Morgan fingerprint density at radius 3 is 3.18 bits per heavy atom. The zero-order valence-electron chi connectivity index (χ0n) is 12.4. The van der Waals surface area contributed by atoms with Crippen LogP contribution in [0.2, 0.25) is 0 Å². The molecule has 3 heterocycles. The van der Waals surface area contributed by atoms with Crippen LogP contribution in [0.15, 0.2) is 36.7 Å². The van der Waals surface area contributed by atoms with Crippen LogP contribution >= 0.6 is 0 Å². The van der Waals surface area contributed by atoms with Crippen LogP contribution in [0.25, 0.3) is 0 Å². The molecule has 0 bridgehead atoms. The molecule has 0 aliphatic carbocycles. The average Bonchev–Trinajstić information content (AvgIpc) is 3.02. The zero-order valence-corrected chi connectivity index (χ0v) is 12.4. The van der Waals surface area contributed by atoms with Gasteiger partial charge in [0.2, 0.25) is 5.91 Å². The number of carbonyl (C=O) groups is 1. The van der Waals surface area contributed by atoms with E-state index >= 15 is 0 Å². The third-order valence-corrected chi connectivity index (χ3v) is 4.56. The lowest BCUT2D eigenvalue weighted by Crippen LogP contribution is -2.43. The summed E-state index contributed by atoms with van der Waals surface area (Å²) in [5.41, 5.74) is 1.00. The number of aromatic nitrogens is 2. The molecule has 1 aromatic carbocycles. The van der Waals surface area contributed by atoms with E-state index in [9.17, 15) is 4.79 Å². The van der Waals surface area contributed by atoms with E-state index in [1.54, 1.807) is 0 Å². The predicted molar refractivity (Wildman–Crippen MR) is 81.8 cm³/mol. The molecule has 2 aromatic rings. The van der Waals surface area contributed by atoms with Gasteiger partial charge in [-0.1, -0.05) is 18.2 Å². The number of nitrogens with zero attached hydrogens (tertiary/aromatic N) is 2. The largest absolute Gasteiger partial charge is 0.493 e. The van der Waals surface area contributed by atoms with Gasteiger partial charge in [-0.3, -0.25) is 4.79 Å². The van der Waals surface area contributed by atoms with E-state index in [4.69, 9.17) is 4.74 Å². The molecule has 1 amide bonds. The highest BCUT2D eigenvalue weighted by Gasteiger charge is 2.29. The molecule has 5 heteroatoms. The normalized spacial score (nSPS) is 23.1. The predicted octanol–water partition coefficient (Wildman–Crippen LogP) is 1.88. The third kappa shape index (κ3) is 2.36. The smallest absolute Gasteiger partial charge is 0.228 e. The van der Waals surface area contributed by atoms with E-state index < -0.39 is 0 Å². The maximum Gasteiger partial charge on any atom is 0.228 e. The van der Waals surface area contributed by atoms with Gasteiger partial charge >= 0.3 is 0 Å². The number of hydrogen-bond acceptors (Lipinski definition) is 3. The van der Waals surface area contributed by atoms with Crippen LogP contribution in [0.5, 0.6) is 5.75 Å². The van der Waals surface area contributed by atoms with Gasteiger partial charge in [0.25, 0.3) is 0 Å². The highest BCUT2D eigenvalue weighted by molar-refractivity contribution is 5.85. The molecule has 22 heavy (non-hydrogen) atoms. The Bertz CT molecular complexity index is 695. The van der Waals surface area contributed by atoms with Crippen molar-refractivity contribution in [1.82, 2.24) is 14.9 Å². The van der Waals surface area contributed by atoms with Crippen molar-refractivity contribution in [3.63, 3.8) is 0 Å². The number of benzene rings is 1. The molecular weight excluding hydrogens is 278 g/mol. The second-order valence-corrected chi connectivity index (χ2v) is 5.97. The number of para-hydroxylation sites is 1. The maximum atomic E-state index is 12.7. The fourth-order valence-corrected chi connectivity index (χ4v) is 3.40. The molecule has 0 saturated carbocycles. The van der Waals surface area contributed by atoms with Gasteiger partial charge in [0, 0.05) is 37.0 Å². The summed E-state index contributed by atoms with van der Waals surface area (Å²) in [5, 5.41) is 3.22. The van der Waals surface area contributed by atoms with Crippen molar-refractivity contribution in [2.75, 3.05) is 6.61 Å². The van der Waals surface area contributed by atoms with Crippen LogP contribution in [0.1, 0.15) is 30.1 Å². The van der Waals surface area contributed by atoms with Crippen molar-refractivity contribution >= 4 is 5.91 Å². The summed E-state index contributed by atoms with van der Waals surface area (Å²) in [4.78, 5) is 17.0. The Morgan fingerprint density at radius 1 is 1.32 bits per heavy atom. The number of hydrogen-bond donors (Lipinski definition) is 1. The Labute approximate surface area is 129 Å². The summed E-state index contributed by atoms with van der Waals surface area (Å²) in [6, 6.07) is 8.03. The number of fused-ring (bicyclic) bond motifs is 2. The molecule has 2 aliphatic heterocycles. The van der Waals surface area contributed by atoms with Crippen molar-refractivity contribution in [1.29, 1.82) is 0 Å². The van der Waals surface area contributed by atoms with Crippen molar-refractivity contribution in [3.8, 4) is 5.75 Å². The highest BCUT2D eigenvalue weighted by Crippen LogP contribution is 2.33. The first-order chi connectivity index (χ1) is 10.8. The minimum atomic E-state index is -0.103. The van der Waals surface area contributed by atoms with Crippen LogP contribution in [0.3, 0.4) is 0 Å². The summed E-state index contributed by atoms with van der Waals surface area (Å²) in [7, 11) is 0. The first kappa shape index (κ1) is 13.4. The molecule has 0 spiro atoms. The van der Waals surface area contributed by atoms with Gasteiger partial charge < -0.3 is 14.6 Å². The fraction of sp³-hybridized carbons (Fsp3) is 0.412. The summed E-state index contributed by atoms with van der Waals surface area (Å²) in [5.74, 6) is 1.97. The first-order valence-electron chi connectivity index (χ1n) is 7.83. The Kier molecular flexibility index (Phi) is 3.33. The molecule has 4 rings (SSSR count). The Morgan fingerprint density at radius 2 is 2.23 bits per heavy atom. The van der Waals surface area contributed by atoms with E-state index in [1.807, 2.05) is 36.7 Å². The summed E-state index contributed by atoms with van der Waals surface area (Å²) >= 11 is 0. The number of amides is 1. The van der Waals surface area contributed by atoms with Crippen LogP contribution in [-0.2, 0) is 17.8 Å². The van der Waals surface area contributed by atoms with Gasteiger partial charge in [-0.25, -0.2) is 4.98 Å². The summed E-state index contributed by atoms with van der Waals surface area (Å²) < 4.78 is 7.77. The topological polar surface area (TPSA) is 56.2 Å². The molecular formula is C17H19N3O2. The summed E-state index contributed by atoms with van der Waals surface area (Å²) in [6.45, 7) is 1.41. The molecule has 2 atom stereocenters. The van der Waals surface area contributed by atoms with E-state index in [0.29, 0.717) is 6.61 Å². The number of ether oxygens (including phenoxy) is 1. The number of nitrogens with one attached hydrogen (secondary N) is 1. The lowest BCUT2D eigenvalue weighted by atomic mass is 9.92. The summed E-state index contributed by atoms with van der Waals surface area (Å²) in [6.07, 6.45) is 6.42. The van der Waals surface area contributed by atoms with Gasteiger partial charge in [0.1, 0.15) is 11.6 Å². The molecule has 114 valence electrons. The van der Waals surface area contributed by atoms with E-state index in [1.165, 1.54) is 0 Å². The number of carbonyl (C=O) groups excluding carboxylic acids is 1. The van der Waals surface area contributed by atoms with Crippen LogP contribution in [0, 0.1) is 0 Å². The molecule has 0 radical (unpaired) electrons. The lowest BCUT2D eigenvalue weighted by molar-refractivity contribution is -0.124. The molecule has 0 fully saturated rings. The van der Waals surface area contributed by atoms with E-state index in [-0.39, 0.29) is 17.9 Å². The number of imidazole rings is 1. The van der Waals surface area contributed by atoms with Crippen LogP contribution < -0.4 is 10.1 Å². The van der Waals surface area contributed by atoms with Crippen molar-refractivity contribution < 1.29 is 9.53 Å². The molecule has 0 saturated heterocycles. The lowest BCUT2D eigenvalue weighted by Gasteiger charge is -2.29. The quantitative estimate of drug-likeness (QED) is 0.921. The molecule has 1 N–H and O–H groups in total. The van der Waals surface area contributed by atoms with Crippen molar-refractivity contribution in [3.05, 3.63) is 48.0 Å². The van der Waals surface area contributed by atoms with E-state index in [2.05, 4.69) is 14.9 Å². The minimum Gasteiger partial charge on any atom is -0.493 e.